The molecule has 0 radical (unpaired) electrons. The van der Waals surface area contributed by atoms with Gasteiger partial charge in [-0.15, -0.1) is 11.6 Å². The van der Waals surface area contributed by atoms with Crippen molar-refractivity contribution in [3.8, 4) is 11.4 Å². The number of benzene rings is 1. The van der Waals surface area contributed by atoms with Crippen molar-refractivity contribution in [2.45, 2.75) is 25.8 Å². The number of alkyl halides is 3. The van der Waals surface area contributed by atoms with E-state index in [9.17, 15) is 18.7 Å². The summed E-state index contributed by atoms with van der Waals surface area (Å²) in [5.41, 5.74) is 5.86. The second-order valence-electron chi connectivity index (χ2n) is 7.67. The minimum Gasteiger partial charge on any atom is -0.504 e. The van der Waals surface area contributed by atoms with E-state index < -0.39 is 23.7 Å². The molecule has 5 N–H and O–H groups in total. The molecule has 0 aliphatic carbocycles. The molecule has 1 amide bonds. The molecule has 0 bridgehead atoms. The van der Waals surface area contributed by atoms with Crippen LogP contribution < -0.4 is 16.0 Å². The number of nitrogens with two attached hydrogens (primary N) is 1. The first kappa shape index (κ1) is 25.8. The highest BCUT2D eigenvalue weighted by atomic mass is 35.5. The van der Waals surface area contributed by atoms with Crippen LogP contribution in [0.15, 0.2) is 36.7 Å². The standard InChI is InChI=1S/C21H22F2N8O2.CH3Cl/c1-11-26-10-31(29-11)14-4-2-12(3-5-14)21(33)27-13-6-7-30(9-13)20-17(32)15(19(24)25)8-16(28-20)18(22)23;1-2/h2-5,8,10,13,18,32H,6-7,9H2,1H3,(H3,24,25)(H,27,33);1H3. The Bertz CT molecular complexity index is 1200. The Kier molecular flexibility index (Phi) is 8.18. The van der Waals surface area contributed by atoms with Gasteiger partial charge in [-0.25, -0.2) is 23.4 Å². The summed E-state index contributed by atoms with van der Waals surface area (Å²) in [6.45, 7) is 2.41. The lowest BCUT2D eigenvalue weighted by atomic mass is 10.1. The molecule has 13 heteroatoms. The highest BCUT2D eigenvalue weighted by Gasteiger charge is 2.29. The van der Waals surface area contributed by atoms with E-state index >= 15 is 0 Å². The third-order valence-electron chi connectivity index (χ3n) is 5.33. The summed E-state index contributed by atoms with van der Waals surface area (Å²) >= 11 is 4.64. The maximum Gasteiger partial charge on any atom is 0.280 e. The van der Waals surface area contributed by atoms with Crippen LogP contribution in [0.3, 0.4) is 0 Å². The number of amides is 1. The molecule has 1 aromatic carbocycles. The Balaban J connectivity index is 0.00000167. The molecule has 1 aliphatic heterocycles. The predicted octanol–water partition coefficient (Wildman–Crippen LogP) is 2.76. The number of pyridine rings is 1. The number of hydrogen-bond acceptors (Lipinski definition) is 7. The van der Waals surface area contributed by atoms with Crippen molar-refractivity contribution < 1.29 is 18.7 Å². The Hall–Kier alpha value is -3.80. The molecule has 1 fully saturated rings. The summed E-state index contributed by atoms with van der Waals surface area (Å²) in [4.78, 5) is 22.2. The van der Waals surface area contributed by atoms with Gasteiger partial charge < -0.3 is 21.1 Å². The lowest BCUT2D eigenvalue weighted by molar-refractivity contribution is 0.0940. The highest BCUT2D eigenvalue weighted by molar-refractivity contribution is 6.15. The maximum atomic E-state index is 13.2. The van der Waals surface area contributed by atoms with E-state index in [0.29, 0.717) is 24.4 Å². The van der Waals surface area contributed by atoms with Crippen molar-refractivity contribution in [3.63, 3.8) is 0 Å². The molecule has 2 aromatic heterocycles. The van der Waals surface area contributed by atoms with Crippen LogP contribution >= 0.6 is 11.6 Å². The molecule has 1 unspecified atom stereocenters. The van der Waals surface area contributed by atoms with Gasteiger partial charge in [0, 0.05) is 31.1 Å². The number of aromatic hydroxyl groups is 1. The van der Waals surface area contributed by atoms with Gasteiger partial charge in [-0.3, -0.25) is 10.2 Å². The van der Waals surface area contributed by atoms with Gasteiger partial charge in [0.15, 0.2) is 11.6 Å². The van der Waals surface area contributed by atoms with Crippen molar-refractivity contribution in [1.29, 1.82) is 5.41 Å². The summed E-state index contributed by atoms with van der Waals surface area (Å²) in [6.07, 6.45) is 0.698. The first-order valence-electron chi connectivity index (χ1n) is 10.5. The quantitative estimate of drug-likeness (QED) is 0.228. The number of aromatic nitrogens is 4. The predicted molar refractivity (Wildman–Crippen MR) is 128 cm³/mol. The molecule has 1 aliphatic rings. The van der Waals surface area contributed by atoms with E-state index in [-0.39, 0.29) is 29.9 Å². The molecule has 10 nitrogen and oxygen atoms in total. The fourth-order valence-corrected chi connectivity index (χ4v) is 3.66. The third kappa shape index (κ3) is 5.83. The van der Waals surface area contributed by atoms with Gasteiger partial charge in [0.05, 0.1) is 11.3 Å². The lowest BCUT2D eigenvalue weighted by Gasteiger charge is -2.21. The SMILES string of the molecule is CCl.Cc1ncn(-c2ccc(C(=O)NC3CCN(c4nc(C(F)F)cc(C(=N)N)c4O)C3)cc2)n1. The van der Waals surface area contributed by atoms with E-state index in [0.717, 1.165) is 11.8 Å². The average Bonchev–Trinajstić information content (AvgIpc) is 3.49. The minimum atomic E-state index is -2.88. The molecule has 35 heavy (non-hydrogen) atoms. The highest BCUT2D eigenvalue weighted by Crippen LogP contribution is 2.34. The monoisotopic (exact) mass is 506 g/mol. The van der Waals surface area contributed by atoms with E-state index in [1.165, 1.54) is 6.38 Å². The first-order valence-corrected chi connectivity index (χ1v) is 11.3. The summed E-state index contributed by atoms with van der Waals surface area (Å²) in [5, 5.41) is 25.1. The van der Waals surface area contributed by atoms with Crippen LogP contribution in [0.5, 0.6) is 5.75 Å². The van der Waals surface area contributed by atoms with Crippen LogP contribution in [-0.4, -0.2) is 62.1 Å². The minimum absolute atomic E-state index is 0.0813. The number of nitrogens with zero attached hydrogens (tertiary/aromatic N) is 5. The number of rotatable bonds is 6. The van der Waals surface area contributed by atoms with Gasteiger partial charge in [-0.05, 0) is 43.7 Å². The Morgan fingerprint density at radius 1 is 1.31 bits per heavy atom. The molecule has 1 saturated heterocycles. The molecular formula is C22H25ClF2N8O2. The summed E-state index contributed by atoms with van der Waals surface area (Å²) in [6, 6.07) is 7.48. The molecule has 0 saturated carbocycles. The molecule has 186 valence electrons. The molecule has 3 aromatic rings. The maximum absolute atomic E-state index is 13.2. The molecule has 0 spiro atoms. The van der Waals surface area contributed by atoms with Gasteiger partial charge in [0.1, 0.15) is 23.7 Å². The van der Waals surface area contributed by atoms with Crippen LogP contribution in [0.4, 0.5) is 14.6 Å². The van der Waals surface area contributed by atoms with Crippen LogP contribution in [0, 0.1) is 12.3 Å². The van der Waals surface area contributed by atoms with E-state index in [4.69, 9.17) is 11.1 Å². The number of nitrogens with one attached hydrogen (secondary N) is 2. The summed E-state index contributed by atoms with van der Waals surface area (Å²) < 4.78 is 28.1. The van der Waals surface area contributed by atoms with E-state index in [1.807, 2.05) is 0 Å². The number of hydrogen-bond donors (Lipinski definition) is 4. The number of carbonyl (C=O) groups is 1. The van der Waals surface area contributed by atoms with Crippen LogP contribution in [0.1, 0.15) is 40.3 Å². The van der Waals surface area contributed by atoms with Crippen molar-refractivity contribution in [2.75, 3.05) is 24.4 Å². The van der Waals surface area contributed by atoms with Crippen LogP contribution in [0.2, 0.25) is 0 Å². The molecule has 4 rings (SSSR count). The zero-order valence-corrected chi connectivity index (χ0v) is 19.8. The smallest absolute Gasteiger partial charge is 0.280 e. The summed E-state index contributed by atoms with van der Waals surface area (Å²) in [5.74, 6) is -0.699. The summed E-state index contributed by atoms with van der Waals surface area (Å²) in [7, 11) is 0. The number of nitrogen functional groups attached to an aromatic ring is 1. The lowest BCUT2D eigenvalue weighted by Crippen LogP contribution is -2.37. The largest absolute Gasteiger partial charge is 0.504 e. The van der Waals surface area contributed by atoms with Crippen LogP contribution in [0.25, 0.3) is 5.69 Å². The Morgan fingerprint density at radius 3 is 2.57 bits per heavy atom. The molecular weight excluding hydrogens is 482 g/mol. The Labute approximate surface area is 205 Å². The van der Waals surface area contributed by atoms with Gasteiger partial charge in [0.2, 0.25) is 0 Å². The average molecular weight is 507 g/mol. The zero-order chi connectivity index (χ0) is 25.7. The third-order valence-corrected chi connectivity index (χ3v) is 5.33. The van der Waals surface area contributed by atoms with Crippen molar-refractivity contribution >= 4 is 29.2 Å². The number of anilines is 1. The topological polar surface area (TPSA) is 146 Å². The molecule has 3 heterocycles. The Morgan fingerprint density at radius 2 is 2.00 bits per heavy atom. The fourth-order valence-electron chi connectivity index (χ4n) is 3.66. The van der Waals surface area contributed by atoms with Gasteiger partial charge in [-0.1, -0.05) is 0 Å². The van der Waals surface area contributed by atoms with Crippen LogP contribution in [-0.2, 0) is 0 Å². The number of carbonyl (C=O) groups excluding carboxylic acids is 1. The van der Waals surface area contributed by atoms with Gasteiger partial charge >= 0.3 is 0 Å². The number of halogens is 3. The van der Waals surface area contributed by atoms with E-state index in [2.05, 4.69) is 32.0 Å². The van der Waals surface area contributed by atoms with Crippen molar-refractivity contribution in [1.82, 2.24) is 25.1 Å². The second-order valence-corrected chi connectivity index (χ2v) is 7.67. The molecule has 1 atom stereocenters. The van der Waals surface area contributed by atoms with E-state index in [1.54, 1.807) is 47.1 Å². The van der Waals surface area contributed by atoms with Gasteiger partial charge in [0.25, 0.3) is 12.3 Å². The second kappa shape index (κ2) is 11.1. The normalized spacial score (nSPS) is 15.0. The van der Waals surface area contributed by atoms with Crippen molar-refractivity contribution in [3.05, 3.63) is 59.3 Å². The number of amidine groups is 1. The van der Waals surface area contributed by atoms with Crippen molar-refractivity contribution in [2.24, 2.45) is 5.73 Å². The first-order chi connectivity index (χ1) is 16.7. The fraction of sp³-hybridized carbons (Fsp3) is 0.318. The van der Waals surface area contributed by atoms with Gasteiger partial charge in [-0.2, -0.15) is 5.10 Å². The zero-order valence-electron chi connectivity index (χ0n) is 19.0. The number of aryl methyl sites for hydroxylation is 1.